The summed E-state index contributed by atoms with van der Waals surface area (Å²) in [6.07, 6.45) is 1.06. The van der Waals surface area contributed by atoms with Gasteiger partial charge in [0.1, 0.15) is 4.34 Å². The zero-order valence-corrected chi connectivity index (χ0v) is 11.1. The van der Waals surface area contributed by atoms with Crippen LogP contribution in [0.25, 0.3) is 0 Å². The summed E-state index contributed by atoms with van der Waals surface area (Å²) in [6.45, 7) is 2.24. The molecule has 6 heteroatoms. The van der Waals surface area contributed by atoms with E-state index in [-0.39, 0.29) is 12.0 Å². The molecule has 16 heavy (non-hydrogen) atoms. The smallest absolute Gasteiger partial charge is 0.253 e. The molecule has 0 aliphatic heterocycles. The zero-order chi connectivity index (χ0) is 12.1. The molecule has 1 rings (SSSR count). The molecule has 0 spiro atoms. The molecule has 2 N–H and O–H groups in total. The number of aliphatic hydroxyl groups is 1. The number of aliphatic hydroxyl groups excluding tert-OH is 1. The van der Waals surface area contributed by atoms with Gasteiger partial charge in [0, 0.05) is 6.54 Å². The van der Waals surface area contributed by atoms with Crippen LogP contribution in [-0.4, -0.2) is 23.7 Å². The highest BCUT2D eigenvalue weighted by Crippen LogP contribution is 2.30. The Balaban J connectivity index is 2.38. The molecule has 3 nitrogen and oxygen atoms in total. The molecule has 0 saturated heterocycles. The topological polar surface area (TPSA) is 49.3 Å². The Hall–Kier alpha value is -0.290. The summed E-state index contributed by atoms with van der Waals surface area (Å²) in [6, 6.07) is 1.55. The van der Waals surface area contributed by atoms with Gasteiger partial charge in [-0.25, -0.2) is 0 Å². The van der Waals surface area contributed by atoms with Gasteiger partial charge >= 0.3 is 0 Å². The van der Waals surface area contributed by atoms with Crippen LogP contribution in [-0.2, 0) is 0 Å². The summed E-state index contributed by atoms with van der Waals surface area (Å²) < 4.78 is 0.900. The van der Waals surface area contributed by atoms with Crippen LogP contribution in [0.5, 0.6) is 0 Å². The second-order valence-electron chi connectivity index (χ2n) is 3.49. The van der Waals surface area contributed by atoms with Crippen LogP contribution in [0.3, 0.4) is 0 Å². The van der Waals surface area contributed by atoms with Gasteiger partial charge in [-0.05, 0) is 25.8 Å². The maximum atomic E-state index is 11.6. The van der Waals surface area contributed by atoms with Crippen molar-refractivity contribution in [1.29, 1.82) is 0 Å². The van der Waals surface area contributed by atoms with Crippen molar-refractivity contribution in [2.75, 3.05) is 6.54 Å². The Labute approximate surface area is 108 Å². The predicted octanol–water partition coefficient (Wildman–Crippen LogP) is 2.95. The largest absolute Gasteiger partial charge is 0.393 e. The molecule has 0 bridgehead atoms. The standard InChI is InChI=1S/C10H13Cl2NO2S/c1-6(14)3-2-4-13-10(15)7-5-8(11)16-9(7)12/h5-6,14H,2-4H2,1H3,(H,13,15). The minimum Gasteiger partial charge on any atom is -0.393 e. The van der Waals surface area contributed by atoms with Crippen LogP contribution in [0.1, 0.15) is 30.1 Å². The Bertz CT molecular complexity index is 366. The molecule has 1 heterocycles. The van der Waals surface area contributed by atoms with Crippen molar-refractivity contribution in [3.05, 3.63) is 20.3 Å². The van der Waals surface area contributed by atoms with Crippen molar-refractivity contribution in [2.45, 2.75) is 25.9 Å². The molecule has 1 amide bonds. The van der Waals surface area contributed by atoms with Crippen LogP contribution >= 0.6 is 34.5 Å². The molecule has 0 radical (unpaired) electrons. The van der Waals surface area contributed by atoms with Crippen molar-refractivity contribution >= 4 is 40.4 Å². The molecule has 1 aromatic rings. The Morgan fingerprint density at radius 1 is 1.62 bits per heavy atom. The van der Waals surface area contributed by atoms with Crippen molar-refractivity contribution in [3.8, 4) is 0 Å². The quantitative estimate of drug-likeness (QED) is 0.816. The highest BCUT2D eigenvalue weighted by molar-refractivity contribution is 7.20. The van der Waals surface area contributed by atoms with Gasteiger partial charge in [-0.2, -0.15) is 0 Å². The Morgan fingerprint density at radius 3 is 2.81 bits per heavy atom. The molecular formula is C10H13Cl2NO2S. The third kappa shape index (κ3) is 4.29. The first-order valence-electron chi connectivity index (χ1n) is 4.92. The summed E-state index contributed by atoms with van der Waals surface area (Å²) in [5, 5.41) is 11.8. The van der Waals surface area contributed by atoms with Crippen LogP contribution in [0, 0.1) is 0 Å². The molecule has 1 aromatic heterocycles. The first kappa shape index (κ1) is 13.8. The minimum atomic E-state index is -0.337. The zero-order valence-electron chi connectivity index (χ0n) is 8.80. The van der Waals surface area contributed by atoms with Gasteiger partial charge in [0.2, 0.25) is 0 Å². The lowest BCUT2D eigenvalue weighted by atomic mass is 10.2. The molecule has 0 aliphatic carbocycles. The molecule has 90 valence electrons. The number of carbonyl (C=O) groups excluding carboxylic acids is 1. The van der Waals surface area contributed by atoms with E-state index in [2.05, 4.69) is 5.32 Å². The fourth-order valence-electron chi connectivity index (χ4n) is 1.19. The van der Waals surface area contributed by atoms with Gasteiger partial charge in [-0.3, -0.25) is 4.79 Å². The number of rotatable bonds is 5. The first-order valence-corrected chi connectivity index (χ1v) is 6.49. The van der Waals surface area contributed by atoms with Crippen molar-refractivity contribution in [1.82, 2.24) is 5.32 Å². The van der Waals surface area contributed by atoms with E-state index in [4.69, 9.17) is 28.3 Å². The number of amides is 1. The monoisotopic (exact) mass is 281 g/mol. The number of thiophene rings is 1. The van der Waals surface area contributed by atoms with Gasteiger partial charge in [0.05, 0.1) is 16.0 Å². The third-order valence-corrected chi connectivity index (χ3v) is 3.47. The number of halogens is 2. The normalized spacial score (nSPS) is 12.5. The van der Waals surface area contributed by atoms with E-state index >= 15 is 0 Å². The van der Waals surface area contributed by atoms with Gasteiger partial charge in [-0.1, -0.05) is 23.2 Å². The Morgan fingerprint density at radius 2 is 2.31 bits per heavy atom. The van der Waals surface area contributed by atoms with E-state index in [1.807, 2.05) is 0 Å². The summed E-state index contributed by atoms with van der Waals surface area (Å²) >= 11 is 12.7. The third-order valence-electron chi connectivity index (χ3n) is 1.99. The van der Waals surface area contributed by atoms with Crippen LogP contribution in [0.2, 0.25) is 8.67 Å². The van der Waals surface area contributed by atoms with E-state index in [1.54, 1.807) is 13.0 Å². The average molecular weight is 282 g/mol. The molecule has 0 fully saturated rings. The lowest BCUT2D eigenvalue weighted by molar-refractivity contribution is 0.0950. The second kappa shape index (κ2) is 6.45. The van der Waals surface area contributed by atoms with E-state index in [1.165, 1.54) is 11.3 Å². The maximum absolute atomic E-state index is 11.6. The first-order chi connectivity index (χ1) is 7.50. The summed E-state index contributed by atoms with van der Waals surface area (Å²) in [7, 11) is 0. The molecule has 0 saturated carbocycles. The second-order valence-corrected chi connectivity index (χ2v) is 5.77. The SMILES string of the molecule is CC(O)CCCNC(=O)c1cc(Cl)sc1Cl. The van der Waals surface area contributed by atoms with Gasteiger partial charge in [0.25, 0.3) is 5.91 Å². The number of nitrogens with one attached hydrogen (secondary N) is 1. The van der Waals surface area contributed by atoms with Crippen molar-refractivity contribution < 1.29 is 9.90 Å². The van der Waals surface area contributed by atoms with Crippen LogP contribution in [0.4, 0.5) is 0 Å². The highest BCUT2D eigenvalue weighted by atomic mass is 35.5. The number of carbonyl (C=O) groups is 1. The van der Waals surface area contributed by atoms with Gasteiger partial charge in [-0.15, -0.1) is 11.3 Å². The average Bonchev–Trinajstić information content (AvgIpc) is 2.52. The molecule has 0 aromatic carbocycles. The maximum Gasteiger partial charge on any atom is 0.253 e. The van der Waals surface area contributed by atoms with E-state index in [0.717, 1.165) is 6.42 Å². The summed E-state index contributed by atoms with van der Waals surface area (Å²) in [5.41, 5.74) is 0.411. The van der Waals surface area contributed by atoms with E-state index in [9.17, 15) is 4.79 Å². The van der Waals surface area contributed by atoms with E-state index < -0.39 is 0 Å². The lowest BCUT2D eigenvalue weighted by Crippen LogP contribution is -2.24. The fraction of sp³-hybridized carbons (Fsp3) is 0.500. The number of hydrogen-bond donors (Lipinski definition) is 2. The number of hydrogen-bond acceptors (Lipinski definition) is 3. The molecular weight excluding hydrogens is 269 g/mol. The summed E-state index contributed by atoms with van der Waals surface area (Å²) in [5.74, 6) is -0.223. The molecule has 0 aliphatic rings. The van der Waals surface area contributed by atoms with Crippen molar-refractivity contribution in [3.63, 3.8) is 0 Å². The van der Waals surface area contributed by atoms with Gasteiger partial charge in [0.15, 0.2) is 0 Å². The molecule has 1 unspecified atom stereocenters. The molecule has 1 atom stereocenters. The van der Waals surface area contributed by atoms with Crippen LogP contribution < -0.4 is 5.32 Å². The predicted molar refractivity (Wildman–Crippen MR) is 67.6 cm³/mol. The minimum absolute atomic E-state index is 0.223. The summed E-state index contributed by atoms with van der Waals surface area (Å²) in [4.78, 5) is 11.6. The van der Waals surface area contributed by atoms with Crippen molar-refractivity contribution in [2.24, 2.45) is 0 Å². The highest BCUT2D eigenvalue weighted by Gasteiger charge is 2.13. The van der Waals surface area contributed by atoms with Crippen LogP contribution in [0.15, 0.2) is 6.07 Å². The lowest BCUT2D eigenvalue weighted by Gasteiger charge is -2.05. The van der Waals surface area contributed by atoms with E-state index in [0.29, 0.717) is 27.2 Å². The fourth-order valence-corrected chi connectivity index (χ4v) is 2.65. The van der Waals surface area contributed by atoms with Gasteiger partial charge < -0.3 is 10.4 Å². The Kier molecular flexibility index (Phi) is 5.55.